The predicted octanol–water partition coefficient (Wildman–Crippen LogP) is 2.98. The van der Waals surface area contributed by atoms with Crippen molar-refractivity contribution < 1.29 is 17.9 Å². The summed E-state index contributed by atoms with van der Waals surface area (Å²) in [7, 11) is -3.66. The summed E-state index contributed by atoms with van der Waals surface area (Å²) in [6.07, 6.45) is 0. The van der Waals surface area contributed by atoms with E-state index in [1.807, 2.05) is 13.8 Å². The van der Waals surface area contributed by atoms with Crippen LogP contribution in [0.5, 0.6) is 5.75 Å². The lowest BCUT2D eigenvalue weighted by molar-refractivity contribution is 0.102. The molecule has 1 aromatic heterocycles. The Hall–Kier alpha value is -2.82. The first kappa shape index (κ1) is 20.9. The fourth-order valence-electron chi connectivity index (χ4n) is 2.43. The van der Waals surface area contributed by atoms with Crippen molar-refractivity contribution >= 4 is 32.4 Å². The number of rotatable bonds is 8. The third kappa shape index (κ3) is 5.37. The van der Waals surface area contributed by atoms with Gasteiger partial charge < -0.3 is 4.74 Å². The quantitative estimate of drug-likeness (QED) is 0.566. The molecule has 29 heavy (non-hydrogen) atoms. The van der Waals surface area contributed by atoms with E-state index in [4.69, 9.17) is 4.74 Å². The molecule has 0 spiro atoms. The zero-order valence-corrected chi connectivity index (χ0v) is 17.5. The van der Waals surface area contributed by atoms with Gasteiger partial charge in [-0.05, 0) is 38.1 Å². The van der Waals surface area contributed by atoms with Crippen LogP contribution in [-0.2, 0) is 16.6 Å². The van der Waals surface area contributed by atoms with E-state index in [0.717, 1.165) is 16.9 Å². The van der Waals surface area contributed by atoms with Gasteiger partial charge in [-0.3, -0.25) is 10.1 Å². The lowest BCUT2D eigenvalue weighted by Crippen LogP contribution is -2.23. The van der Waals surface area contributed by atoms with E-state index in [1.165, 1.54) is 0 Å². The van der Waals surface area contributed by atoms with Gasteiger partial charge in [0.25, 0.3) is 5.91 Å². The van der Waals surface area contributed by atoms with Gasteiger partial charge in [0.1, 0.15) is 10.8 Å². The number of carbonyl (C=O) groups is 1. The summed E-state index contributed by atoms with van der Waals surface area (Å²) < 4.78 is 32.6. The van der Waals surface area contributed by atoms with Crippen LogP contribution in [0, 0.1) is 6.92 Å². The first-order chi connectivity index (χ1) is 13.9. The molecule has 0 atom stereocenters. The molecule has 2 aromatic carbocycles. The van der Waals surface area contributed by atoms with Crippen LogP contribution in [0.15, 0.2) is 53.4 Å². The van der Waals surface area contributed by atoms with Crippen LogP contribution < -0.4 is 14.8 Å². The second kappa shape index (κ2) is 9.12. The topological polar surface area (TPSA) is 110 Å². The largest absolute Gasteiger partial charge is 0.493 e. The maximum Gasteiger partial charge on any atom is 0.261 e. The fraction of sp³-hybridized carbons (Fsp3) is 0.211. The first-order valence-electron chi connectivity index (χ1n) is 8.81. The Morgan fingerprint density at radius 3 is 2.55 bits per heavy atom. The number of para-hydroxylation sites is 1. The average Bonchev–Trinajstić information content (AvgIpc) is 3.15. The van der Waals surface area contributed by atoms with E-state index < -0.39 is 10.0 Å². The highest BCUT2D eigenvalue weighted by Gasteiger charge is 2.17. The molecule has 0 aliphatic heterocycles. The Balaban J connectivity index is 1.64. The van der Waals surface area contributed by atoms with Crippen molar-refractivity contribution in [1.82, 2.24) is 14.9 Å². The van der Waals surface area contributed by atoms with Crippen LogP contribution in [0.3, 0.4) is 0 Å². The van der Waals surface area contributed by atoms with E-state index in [9.17, 15) is 13.2 Å². The lowest BCUT2D eigenvalue weighted by atomic mass is 10.2. The summed E-state index contributed by atoms with van der Waals surface area (Å²) in [4.78, 5) is 12.7. The summed E-state index contributed by atoms with van der Waals surface area (Å²) in [6, 6.07) is 13.4. The molecule has 1 amide bonds. The molecule has 0 saturated carbocycles. The zero-order chi connectivity index (χ0) is 20.9. The molecule has 0 fully saturated rings. The van der Waals surface area contributed by atoms with Gasteiger partial charge >= 0.3 is 0 Å². The lowest BCUT2D eigenvalue weighted by Gasteiger charge is -2.08. The van der Waals surface area contributed by atoms with Gasteiger partial charge in [-0.15, -0.1) is 10.2 Å². The molecule has 152 valence electrons. The SMILES string of the molecule is CCOc1ccccc1C(=O)Nc1nnc(CNS(=O)(=O)c2ccc(C)cc2)s1. The Kier molecular flexibility index (Phi) is 6.57. The number of benzene rings is 2. The molecule has 2 N–H and O–H groups in total. The molecule has 0 unspecified atom stereocenters. The molecule has 8 nitrogen and oxygen atoms in total. The zero-order valence-electron chi connectivity index (χ0n) is 15.9. The Morgan fingerprint density at radius 2 is 1.83 bits per heavy atom. The molecule has 3 aromatic rings. The van der Waals surface area contributed by atoms with Crippen LogP contribution in [0.4, 0.5) is 5.13 Å². The van der Waals surface area contributed by atoms with Crippen molar-refractivity contribution in [2.45, 2.75) is 25.3 Å². The molecule has 3 rings (SSSR count). The number of anilines is 1. The van der Waals surface area contributed by atoms with Crippen LogP contribution in [-0.4, -0.2) is 31.1 Å². The highest BCUT2D eigenvalue weighted by atomic mass is 32.2. The van der Waals surface area contributed by atoms with Gasteiger partial charge in [0.2, 0.25) is 15.2 Å². The number of sulfonamides is 1. The number of carbonyl (C=O) groups excluding carboxylic acids is 1. The van der Waals surface area contributed by atoms with Crippen LogP contribution in [0.2, 0.25) is 0 Å². The molecule has 1 heterocycles. The van der Waals surface area contributed by atoms with Crippen LogP contribution in [0.1, 0.15) is 27.9 Å². The second-order valence-corrected chi connectivity index (χ2v) is 8.85. The number of ether oxygens (including phenoxy) is 1. The van der Waals surface area contributed by atoms with Crippen molar-refractivity contribution in [3.05, 3.63) is 64.7 Å². The van der Waals surface area contributed by atoms with E-state index in [-0.39, 0.29) is 22.5 Å². The van der Waals surface area contributed by atoms with Gasteiger partial charge in [-0.1, -0.05) is 41.2 Å². The van der Waals surface area contributed by atoms with Gasteiger partial charge in [-0.25, -0.2) is 13.1 Å². The minimum Gasteiger partial charge on any atom is -0.493 e. The van der Waals surface area contributed by atoms with Gasteiger partial charge in [0, 0.05) is 0 Å². The van der Waals surface area contributed by atoms with Crippen molar-refractivity contribution in [2.24, 2.45) is 0 Å². The average molecular weight is 433 g/mol. The van der Waals surface area contributed by atoms with Crippen molar-refractivity contribution in [3.8, 4) is 5.75 Å². The summed E-state index contributed by atoms with van der Waals surface area (Å²) in [5.41, 5.74) is 1.35. The third-order valence-electron chi connectivity index (χ3n) is 3.86. The molecule has 10 heteroatoms. The Labute approximate surface area is 173 Å². The summed E-state index contributed by atoms with van der Waals surface area (Å²) in [5, 5.41) is 11.2. The number of hydrogen-bond acceptors (Lipinski definition) is 7. The van der Waals surface area contributed by atoms with Crippen molar-refractivity contribution in [2.75, 3.05) is 11.9 Å². The number of hydrogen-bond donors (Lipinski definition) is 2. The van der Waals surface area contributed by atoms with Crippen molar-refractivity contribution in [1.29, 1.82) is 0 Å². The number of aromatic nitrogens is 2. The van der Waals surface area contributed by atoms with Gasteiger partial charge in [0.15, 0.2) is 0 Å². The maximum absolute atomic E-state index is 12.5. The molecule has 0 saturated heterocycles. The van der Waals surface area contributed by atoms with E-state index in [2.05, 4.69) is 20.2 Å². The summed E-state index contributed by atoms with van der Waals surface area (Å²) in [6.45, 7) is 4.13. The van der Waals surface area contributed by atoms with Gasteiger partial charge in [0.05, 0.1) is 23.6 Å². The summed E-state index contributed by atoms with van der Waals surface area (Å²) >= 11 is 1.09. The highest BCUT2D eigenvalue weighted by Crippen LogP contribution is 2.21. The minimum absolute atomic E-state index is 0.0285. The predicted molar refractivity (Wildman–Crippen MR) is 111 cm³/mol. The highest BCUT2D eigenvalue weighted by molar-refractivity contribution is 7.89. The minimum atomic E-state index is -3.66. The van der Waals surface area contributed by atoms with Crippen LogP contribution in [0.25, 0.3) is 0 Å². The smallest absolute Gasteiger partial charge is 0.261 e. The molecular formula is C19H20N4O4S2. The third-order valence-corrected chi connectivity index (χ3v) is 6.12. The first-order valence-corrected chi connectivity index (χ1v) is 11.1. The maximum atomic E-state index is 12.5. The molecule has 0 bridgehead atoms. The number of amides is 1. The second-order valence-electron chi connectivity index (χ2n) is 6.02. The molecule has 0 radical (unpaired) electrons. The fourth-order valence-corrected chi connectivity index (χ4v) is 4.19. The van der Waals surface area contributed by atoms with Crippen LogP contribution >= 0.6 is 11.3 Å². The molecule has 0 aliphatic carbocycles. The van der Waals surface area contributed by atoms with Crippen molar-refractivity contribution in [3.63, 3.8) is 0 Å². The number of nitrogens with one attached hydrogen (secondary N) is 2. The standard InChI is InChI=1S/C19H20N4O4S2/c1-3-27-16-7-5-4-6-15(16)18(24)21-19-23-22-17(28-19)12-20-29(25,26)14-10-8-13(2)9-11-14/h4-11,20H,3,12H2,1-2H3,(H,21,23,24). The molecular weight excluding hydrogens is 412 g/mol. The molecule has 0 aliphatic rings. The Bertz CT molecular complexity index is 1100. The number of nitrogens with zero attached hydrogens (tertiary/aromatic N) is 2. The Morgan fingerprint density at radius 1 is 1.10 bits per heavy atom. The summed E-state index contributed by atoms with van der Waals surface area (Å²) in [5.74, 6) is 0.0973. The number of aryl methyl sites for hydroxylation is 1. The van der Waals surface area contributed by atoms with E-state index >= 15 is 0 Å². The van der Waals surface area contributed by atoms with Gasteiger partial charge in [-0.2, -0.15) is 0 Å². The normalized spacial score (nSPS) is 11.2. The monoisotopic (exact) mass is 432 g/mol. The van der Waals surface area contributed by atoms with E-state index in [0.29, 0.717) is 22.9 Å². The van der Waals surface area contributed by atoms with E-state index in [1.54, 1.807) is 48.5 Å².